The molecule has 2 aliphatic rings. The van der Waals surface area contributed by atoms with Gasteiger partial charge >= 0.3 is 0 Å². The van der Waals surface area contributed by atoms with E-state index in [1.165, 1.54) is 11.1 Å². The summed E-state index contributed by atoms with van der Waals surface area (Å²) in [6, 6.07) is 8.61. The highest BCUT2D eigenvalue weighted by Crippen LogP contribution is 2.28. The molecule has 1 saturated carbocycles. The summed E-state index contributed by atoms with van der Waals surface area (Å²) in [5.41, 5.74) is 2.44. The van der Waals surface area contributed by atoms with E-state index in [9.17, 15) is 9.59 Å². The highest BCUT2D eigenvalue weighted by atomic mass is 16.2. The fourth-order valence-electron chi connectivity index (χ4n) is 2.96. The van der Waals surface area contributed by atoms with Crippen molar-refractivity contribution in [1.82, 2.24) is 9.80 Å². The van der Waals surface area contributed by atoms with Crippen LogP contribution in [0.5, 0.6) is 0 Å². The first-order valence-corrected chi connectivity index (χ1v) is 7.77. The van der Waals surface area contributed by atoms with Crippen molar-refractivity contribution in [2.24, 2.45) is 0 Å². The fourth-order valence-corrected chi connectivity index (χ4v) is 2.96. The number of amides is 2. The number of nitrogens with zero attached hydrogens (tertiary/aromatic N) is 2. The molecule has 21 heavy (non-hydrogen) atoms. The Balaban J connectivity index is 1.52. The molecular weight excluding hydrogens is 264 g/mol. The maximum absolute atomic E-state index is 12.3. The lowest BCUT2D eigenvalue weighted by molar-refractivity contribution is -0.145. The van der Waals surface area contributed by atoms with Crippen LogP contribution in [0.3, 0.4) is 0 Å². The van der Waals surface area contributed by atoms with E-state index >= 15 is 0 Å². The third-order valence-electron chi connectivity index (χ3n) is 4.47. The zero-order chi connectivity index (χ0) is 14.8. The van der Waals surface area contributed by atoms with Gasteiger partial charge in [-0.15, -0.1) is 0 Å². The molecule has 1 heterocycles. The molecule has 0 unspecified atom stereocenters. The number of hydrogen-bond acceptors (Lipinski definition) is 2. The zero-order valence-corrected chi connectivity index (χ0v) is 12.5. The topological polar surface area (TPSA) is 40.6 Å². The Hall–Kier alpha value is -1.84. The Morgan fingerprint density at radius 3 is 2.67 bits per heavy atom. The molecule has 4 nitrogen and oxygen atoms in total. The quantitative estimate of drug-likeness (QED) is 0.846. The summed E-state index contributed by atoms with van der Waals surface area (Å²) < 4.78 is 0. The molecule has 3 rings (SSSR count). The minimum Gasteiger partial charge on any atom is -0.336 e. The third-order valence-corrected chi connectivity index (χ3v) is 4.47. The SMILES string of the molecule is Cc1ccccc1CCC(=O)N1CCN(C2CC2)C(=O)C1. The van der Waals surface area contributed by atoms with Crippen LogP contribution in [-0.4, -0.2) is 47.3 Å². The van der Waals surface area contributed by atoms with Crippen LogP contribution in [0.4, 0.5) is 0 Å². The smallest absolute Gasteiger partial charge is 0.242 e. The molecule has 1 aromatic rings. The third kappa shape index (κ3) is 3.26. The number of piperazine rings is 1. The molecule has 0 radical (unpaired) electrons. The highest BCUT2D eigenvalue weighted by molar-refractivity contribution is 5.86. The normalized spacial score (nSPS) is 19.0. The number of hydrogen-bond donors (Lipinski definition) is 0. The summed E-state index contributed by atoms with van der Waals surface area (Å²) in [6.45, 7) is 3.73. The van der Waals surface area contributed by atoms with Crippen molar-refractivity contribution >= 4 is 11.8 Å². The van der Waals surface area contributed by atoms with Crippen LogP contribution in [0, 0.1) is 6.92 Å². The average Bonchev–Trinajstić information content (AvgIpc) is 3.30. The first-order chi connectivity index (χ1) is 10.1. The van der Waals surface area contributed by atoms with Crippen LogP contribution in [0.25, 0.3) is 0 Å². The van der Waals surface area contributed by atoms with E-state index in [-0.39, 0.29) is 18.4 Å². The molecule has 1 aliphatic carbocycles. The van der Waals surface area contributed by atoms with Gasteiger partial charge in [0.1, 0.15) is 0 Å². The van der Waals surface area contributed by atoms with E-state index in [0.29, 0.717) is 25.6 Å². The van der Waals surface area contributed by atoms with Gasteiger partial charge in [0, 0.05) is 25.6 Å². The summed E-state index contributed by atoms with van der Waals surface area (Å²) >= 11 is 0. The maximum atomic E-state index is 12.3. The van der Waals surface area contributed by atoms with Gasteiger partial charge in [0.25, 0.3) is 0 Å². The summed E-state index contributed by atoms with van der Waals surface area (Å²) in [7, 11) is 0. The predicted octanol–water partition coefficient (Wildman–Crippen LogP) is 1.76. The van der Waals surface area contributed by atoms with Crippen molar-refractivity contribution < 1.29 is 9.59 Å². The van der Waals surface area contributed by atoms with E-state index in [1.54, 1.807) is 4.90 Å². The Bertz CT molecular complexity index is 551. The largest absolute Gasteiger partial charge is 0.336 e. The second-order valence-corrected chi connectivity index (χ2v) is 6.06. The van der Waals surface area contributed by atoms with Gasteiger partial charge in [-0.2, -0.15) is 0 Å². The number of aryl methyl sites for hydroxylation is 2. The van der Waals surface area contributed by atoms with Crippen LogP contribution < -0.4 is 0 Å². The zero-order valence-electron chi connectivity index (χ0n) is 12.5. The molecule has 0 aromatic heterocycles. The second-order valence-electron chi connectivity index (χ2n) is 6.06. The Morgan fingerprint density at radius 2 is 2.00 bits per heavy atom. The van der Waals surface area contributed by atoms with Gasteiger partial charge in [-0.3, -0.25) is 9.59 Å². The molecule has 1 saturated heterocycles. The first-order valence-electron chi connectivity index (χ1n) is 7.77. The summed E-state index contributed by atoms with van der Waals surface area (Å²) in [5, 5.41) is 0. The standard InChI is InChI=1S/C17H22N2O2/c1-13-4-2-3-5-14(13)6-9-16(20)18-10-11-19(15-7-8-15)17(21)12-18/h2-5,15H,6-12H2,1H3. The van der Waals surface area contributed by atoms with E-state index in [4.69, 9.17) is 0 Å². The number of benzene rings is 1. The van der Waals surface area contributed by atoms with E-state index in [1.807, 2.05) is 17.0 Å². The van der Waals surface area contributed by atoms with Crippen molar-refractivity contribution in [2.45, 2.75) is 38.6 Å². The van der Waals surface area contributed by atoms with Crippen LogP contribution in [0.15, 0.2) is 24.3 Å². The van der Waals surface area contributed by atoms with Crippen molar-refractivity contribution in [3.63, 3.8) is 0 Å². The number of carbonyl (C=O) groups is 2. The van der Waals surface area contributed by atoms with Gasteiger partial charge in [0.2, 0.25) is 11.8 Å². The lowest BCUT2D eigenvalue weighted by atomic mass is 10.0. The van der Waals surface area contributed by atoms with Gasteiger partial charge in [-0.05, 0) is 37.3 Å². The fraction of sp³-hybridized carbons (Fsp3) is 0.529. The van der Waals surface area contributed by atoms with Crippen LogP contribution in [0.1, 0.15) is 30.4 Å². The predicted molar refractivity (Wildman–Crippen MR) is 80.8 cm³/mol. The summed E-state index contributed by atoms with van der Waals surface area (Å²) in [4.78, 5) is 28.0. The molecular formula is C17H22N2O2. The molecule has 2 fully saturated rings. The molecule has 4 heteroatoms. The number of carbonyl (C=O) groups excluding carboxylic acids is 2. The molecule has 1 aromatic carbocycles. The second kappa shape index (κ2) is 5.88. The van der Waals surface area contributed by atoms with Gasteiger partial charge in [-0.25, -0.2) is 0 Å². The van der Waals surface area contributed by atoms with Gasteiger partial charge in [-0.1, -0.05) is 24.3 Å². The molecule has 1 aliphatic heterocycles. The highest BCUT2D eigenvalue weighted by Gasteiger charge is 2.36. The average molecular weight is 286 g/mol. The molecule has 0 N–H and O–H groups in total. The van der Waals surface area contributed by atoms with E-state index < -0.39 is 0 Å². The van der Waals surface area contributed by atoms with Gasteiger partial charge in [0.05, 0.1) is 6.54 Å². The van der Waals surface area contributed by atoms with E-state index in [0.717, 1.165) is 19.3 Å². The molecule has 2 amide bonds. The summed E-state index contributed by atoms with van der Waals surface area (Å²) in [5.74, 6) is 0.218. The first kappa shape index (κ1) is 14.1. The lowest BCUT2D eigenvalue weighted by Crippen LogP contribution is -2.52. The molecule has 0 bridgehead atoms. The van der Waals surface area contributed by atoms with E-state index in [2.05, 4.69) is 19.1 Å². The van der Waals surface area contributed by atoms with Crippen LogP contribution in [0.2, 0.25) is 0 Å². The van der Waals surface area contributed by atoms with Crippen molar-refractivity contribution in [3.05, 3.63) is 35.4 Å². The monoisotopic (exact) mass is 286 g/mol. The minimum absolute atomic E-state index is 0.0991. The molecule has 0 atom stereocenters. The Kier molecular flexibility index (Phi) is 3.95. The Labute approximate surface area is 125 Å². The minimum atomic E-state index is 0.0991. The number of rotatable bonds is 4. The van der Waals surface area contributed by atoms with Crippen LogP contribution >= 0.6 is 0 Å². The molecule has 112 valence electrons. The Morgan fingerprint density at radius 1 is 1.24 bits per heavy atom. The van der Waals surface area contributed by atoms with Crippen molar-refractivity contribution in [3.8, 4) is 0 Å². The van der Waals surface area contributed by atoms with Crippen LogP contribution in [-0.2, 0) is 16.0 Å². The van der Waals surface area contributed by atoms with Crippen molar-refractivity contribution in [2.75, 3.05) is 19.6 Å². The van der Waals surface area contributed by atoms with Gasteiger partial charge < -0.3 is 9.80 Å². The van der Waals surface area contributed by atoms with Crippen molar-refractivity contribution in [1.29, 1.82) is 0 Å². The maximum Gasteiger partial charge on any atom is 0.242 e. The summed E-state index contributed by atoms with van der Waals surface area (Å²) in [6.07, 6.45) is 3.50. The molecule has 0 spiro atoms. The lowest BCUT2D eigenvalue weighted by Gasteiger charge is -2.34. The van der Waals surface area contributed by atoms with Gasteiger partial charge in [0.15, 0.2) is 0 Å².